The van der Waals surface area contributed by atoms with Crippen LogP contribution in [-0.4, -0.2) is 174 Å². The number of pyridine rings is 1. The number of hydrogen-bond acceptors (Lipinski definition) is 19. The first kappa shape index (κ1) is 69.5. The number of aliphatic hydroxyl groups is 2. The van der Waals surface area contributed by atoms with E-state index in [2.05, 4.69) is 34.8 Å². The van der Waals surface area contributed by atoms with Crippen LogP contribution in [-0.2, 0) is 57.7 Å². The molecule has 3 aromatic carbocycles. The van der Waals surface area contributed by atoms with Crippen molar-refractivity contribution in [3.05, 3.63) is 131 Å². The molecule has 6 atom stereocenters. The number of unbranched alkanes of at least 4 members (excludes halogenated alkanes) is 2. The number of rotatable bonds is 27. The number of aliphatic carboxylic acids is 1. The SMILES string of the molecule is Cc1c(-c2ccc(N3CCc4cccc(C(=O)Nc5nc6ccccc6s5)c4C3)nc2C(=O)O)cnn1CC12CC3(C)CC(C)(C1)CC(OCCN(C)C(=O)OC/C=C/c1ccc(O[C@H]4C[C@@H](O)[C@H](O)[C@@H](C(=O)O)O4)c(NC(=O)CCNC(=O)CCCCCN4C(=O)C=CC4=O)c1)(C3)C2. The number of imide groups is 1. The Morgan fingerprint density at radius 2 is 1.63 bits per heavy atom. The average molecular weight is 1380 g/mol. The molecule has 99 heavy (non-hydrogen) atoms. The molecule has 2 unspecified atom stereocenters. The number of aliphatic hydroxyl groups excluding tert-OH is 2. The molecule has 7 N–H and O–H groups in total. The molecule has 1 saturated heterocycles. The third-order valence-electron chi connectivity index (χ3n) is 19.8. The zero-order chi connectivity index (χ0) is 70.0. The molecule has 4 bridgehead atoms. The number of nitrogens with zero attached hydrogens (tertiary/aromatic N) is 7. The Hall–Kier alpha value is -9.41. The zero-order valence-electron chi connectivity index (χ0n) is 55.7. The largest absolute Gasteiger partial charge is 0.479 e. The number of nitrogens with one attached hydrogen (secondary N) is 3. The van der Waals surface area contributed by atoms with E-state index in [1.165, 1.54) is 34.5 Å². The van der Waals surface area contributed by atoms with Crippen LogP contribution >= 0.6 is 11.3 Å². The summed E-state index contributed by atoms with van der Waals surface area (Å²) in [5, 5.41) is 54.9. The minimum Gasteiger partial charge on any atom is -0.479 e. The number of anilines is 3. The Labute approximate surface area is 575 Å². The number of ether oxygens (including phenoxy) is 4. The third-order valence-corrected chi connectivity index (χ3v) is 20.8. The van der Waals surface area contributed by atoms with Gasteiger partial charge in [-0.1, -0.05) is 68.0 Å². The Morgan fingerprint density at radius 3 is 2.38 bits per heavy atom. The second kappa shape index (κ2) is 28.8. The Bertz CT molecular complexity index is 4140. The van der Waals surface area contributed by atoms with Crippen LogP contribution < -0.4 is 25.6 Å². The summed E-state index contributed by atoms with van der Waals surface area (Å²) in [5.74, 6) is -3.90. The van der Waals surface area contributed by atoms with E-state index in [4.69, 9.17) is 29.0 Å². The lowest BCUT2D eigenvalue weighted by molar-refractivity contribution is -0.248. The number of thiazole rings is 1. The second-order valence-corrected chi connectivity index (χ2v) is 29.0. The average Bonchev–Trinajstić information content (AvgIpc) is 0.743. The number of carboxylic acid groups (broad SMARTS) is 2. The summed E-state index contributed by atoms with van der Waals surface area (Å²) in [4.78, 5) is 116. The normalized spacial score (nSPS) is 24.5. The fourth-order valence-corrected chi connectivity index (χ4v) is 17.3. The molecule has 26 nitrogen and oxygen atoms in total. The minimum atomic E-state index is -1.78. The van der Waals surface area contributed by atoms with Gasteiger partial charge in [-0.05, 0) is 146 Å². The number of likely N-dealkylation sites (N-methyl/N-ethyl adjacent to an activating group) is 1. The Morgan fingerprint density at radius 1 is 0.848 bits per heavy atom. The van der Waals surface area contributed by atoms with Crippen LogP contribution in [0.2, 0.25) is 0 Å². The maximum atomic E-state index is 13.8. The fourth-order valence-electron chi connectivity index (χ4n) is 16.4. The van der Waals surface area contributed by atoms with Crippen LogP contribution in [0, 0.1) is 23.2 Å². The van der Waals surface area contributed by atoms with Gasteiger partial charge in [0.05, 0.1) is 40.4 Å². The molecule has 3 aromatic heterocycles. The van der Waals surface area contributed by atoms with Gasteiger partial charge in [-0.25, -0.2) is 24.4 Å². The van der Waals surface area contributed by atoms with E-state index in [1.807, 2.05) is 65.0 Å². The highest BCUT2D eigenvalue weighted by atomic mass is 32.1. The quantitative estimate of drug-likeness (QED) is 0.0187. The van der Waals surface area contributed by atoms with Gasteiger partial charge < -0.3 is 59.8 Å². The first-order valence-corrected chi connectivity index (χ1v) is 34.3. The van der Waals surface area contributed by atoms with Gasteiger partial charge in [-0.3, -0.25) is 38.9 Å². The van der Waals surface area contributed by atoms with Crippen LogP contribution in [0.1, 0.15) is 134 Å². The van der Waals surface area contributed by atoms with Gasteiger partial charge in [0.2, 0.25) is 18.1 Å². The molecular weight excluding hydrogens is 1290 g/mol. The lowest BCUT2D eigenvalue weighted by atomic mass is 9.39. The lowest BCUT2D eigenvalue weighted by Crippen LogP contribution is -2.64. The van der Waals surface area contributed by atoms with Crippen molar-refractivity contribution in [2.75, 3.05) is 62.0 Å². The molecule has 6 heterocycles. The summed E-state index contributed by atoms with van der Waals surface area (Å²) in [5.41, 5.74) is 5.15. The van der Waals surface area contributed by atoms with Crippen molar-refractivity contribution in [3.8, 4) is 16.9 Å². The van der Waals surface area contributed by atoms with Crippen molar-refractivity contribution < 1.29 is 77.7 Å². The second-order valence-electron chi connectivity index (χ2n) is 28.0. The van der Waals surface area contributed by atoms with Crippen molar-refractivity contribution in [2.45, 2.75) is 148 Å². The molecule has 27 heteroatoms. The predicted molar refractivity (Wildman–Crippen MR) is 365 cm³/mol. The molecule has 7 aliphatic rings. The van der Waals surface area contributed by atoms with Crippen molar-refractivity contribution in [1.82, 2.24) is 34.9 Å². The van der Waals surface area contributed by atoms with Crippen LogP contribution in [0.3, 0.4) is 0 Å². The maximum absolute atomic E-state index is 13.8. The molecule has 5 fully saturated rings. The number of aromatic carboxylic acids is 1. The van der Waals surface area contributed by atoms with E-state index < -0.39 is 54.1 Å². The van der Waals surface area contributed by atoms with Crippen LogP contribution in [0.5, 0.6) is 5.75 Å². The number of benzene rings is 3. The molecule has 0 radical (unpaired) electrons. The highest BCUT2D eigenvalue weighted by Crippen LogP contribution is 2.72. The van der Waals surface area contributed by atoms with Gasteiger partial charge in [0.1, 0.15) is 24.3 Å². The van der Waals surface area contributed by atoms with Gasteiger partial charge in [0.15, 0.2) is 16.9 Å². The molecule has 522 valence electrons. The molecule has 6 amide bonds. The number of amides is 6. The van der Waals surface area contributed by atoms with Crippen LogP contribution in [0.15, 0.2) is 97.2 Å². The first-order chi connectivity index (χ1) is 47.3. The number of carboxylic acids is 2. The minimum absolute atomic E-state index is 0.00422. The van der Waals surface area contributed by atoms with Gasteiger partial charge in [0.25, 0.3) is 17.7 Å². The zero-order valence-corrected chi connectivity index (χ0v) is 56.5. The molecule has 6 aromatic rings. The molecular formula is C72H82N10O16S. The number of hydrogen-bond donors (Lipinski definition) is 7. The number of para-hydroxylation sites is 1. The number of carbonyl (C=O) groups excluding carboxylic acids is 6. The van der Waals surface area contributed by atoms with Crippen molar-refractivity contribution >= 4 is 91.8 Å². The maximum Gasteiger partial charge on any atom is 0.409 e. The van der Waals surface area contributed by atoms with E-state index in [-0.39, 0.29) is 109 Å². The summed E-state index contributed by atoms with van der Waals surface area (Å²) in [7, 11) is 1.65. The Balaban J connectivity index is 0.642. The molecule has 0 spiro atoms. The van der Waals surface area contributed by atoms with E-state index in [1.54, 1.807) is 43.6 Å². The van der Waals surface area contributed by atoms with Gasteiger partial charge in [-0.2, -0.15) is 5.10 Å². The predicted octanol–water partition coefficient (Wildman–Crippen LogP) is 8.52. The van der Waals surface area contributed by atoms with E-state index in [0.717, 1.165) is 70.5 Å². The topological polar surface area (TPSA) is 344 Å². The van der Waals surface area contributed by atoms with Gasteiger partial charge >= 0.3 is 18.0 Å². The van der Waals surface area contributed by atoms with E-state index in [9.17, 15) is 58.8 Å². The number of aromatic nitrogens is 4. The summed E-state index contributed by atoms with van der Waals surface area (Å²) in [6.07, 6.45) is 8.19. The smallest absolute Gasteiger partial charge is 0.409 e. The molecule has 13 rings (SSSR count). The monoisotopic (exact) mass is 1370 g/mol. The fraction of sp³-hybridized carbons (Fsp3) is 0.458. The summed E-state index contributed by atoms with van der Waals surface area (Å²) < 4.78 is 27.0. The van der Waals surface area contributed by atoms with Gasteiger partial charge in [-0.15, -0.1) is 0 Å². The molecule has 3 aliphatic heterocycles. The molecule has 4 saturated carbocycles. The summed E-state index contributed by atoms with van der Waals surface area (Å²) in [6.45, 7) is 8.90. The van der Waals surface area contributed by atoms with Crippen LogP contribution in [0.25, 0.3) is 27.4 Å². The van der Waals surface area contributed by atoms with Gasteiger partial charge in [0, 0.05) is 100 Å². The standard InChI is InChI=1S/C72H82N10O16S/c1-43-48(46-19-21-55(77-61(46)65(90)91)80-28-25-45-13-10-14-47(49(45)35-80)64(89)78-67-76-50-15-7-8-16-54(50)99-67)34-74-82(43)42-71-37-69(2)36-70(3,38-71)40-72(39-69,41-71)96-31-29-79(4)68(94)95-30-11-12-44-18-20-53(97-60-33-52(83)62(88)63(98-60)66(92)93)51(32-44)75-57(85)24-26-73-56(84)17-6-5-9-27-81-58(86)22-23-59(81)87/h7-8,10-16,18-23,32,34,52,60,62-63,83,88H,5-6,9,17,24-31,33,35-42H2,1-4H3,(H,73,84)(H,75,85)(H,90,91)(H,92,93)(H,76,78,89)/b12-11+/t52-,60-,62+,63+,69?,70?,71?,72?/m1/s1. The van der Waals surface area contributed by atoms with E-state index >= 15 is 0 Å². The van der Waals surface area contributed by atoms with Crippen molar-refractivity contribution in [1.29, 1.82) is 0 Å². The summed E-state index contributed by atoms with van der Waals surface area (Å²) >= 11 is 1.41. The molecule has 4 aliphatic carbocycles. The first-order valence-electron chi connectivity index (χ1n) is 33.5. The highest BCUT2D eigenvalue weighted by molar-refractivity contribution is 7.22. The van der Waals surface area contributed by atoms with Crippen LogP contribution in [0.4, 0.5) is 21.4 Å². The number of carbonyl (C=O) groups is 8. The highest BCUT2D eigenvalue weighted by Gasteiger charge is 2.66. The Kier molecular flexibility index (Phi) is 20.2. The number of fused-ring (bicyclic) bond motifs is 2. The lowest BCUT2D eigenvalue weighted by Gasteiger charge is -2.69. The van der Waals surface area contributed by atoms with E-state index in [0.29, 0.717) is 78.5 Å². The van der Waals surface area contributed by atoms with Crippen molar-refractivity contribution in [3.63, 3.8) is 0 Å². The summed E-state index contributed by atoms with van der Waals surface area (Å²) in [6, 6.07) is 21.8. The third kappa shape index (κ3) is 15.7. The van der Waals surface area contributed by atoms with Crippen molar-refractivity contribution in [2.24, 2.45) is 16.2 Å².